The molecule has 1 unspecified atom stereocenters. The highest BCUT2D eigenvalue weighted by molar-refractivity contribution is 6.00. The first-order valence-electron chi connectivity index (χ1n) is 7.97. The molecule has 0 spiro atoms. The third-order valence-corrected chi connectivity index (χ3v) is 3.93. The normalized spacial score (nSPS) is 16.8. The van der Waals surface area contributed by atoms with E-state index < -0.39 is 11.7 Å². The van der Waals surface area contributed by atoms with E-state index in [4.69, 9.17) is 0 Å². The molecule has 130 valence electrons. The lowest BCUT2D eigenvalue weighted by atomic mass is 10.1. The number of hydrogen-bond donors (Lipinski definition) is 2. The third-order valence-electron chi connectivity index (χ3n) is 3.93. The van der Waals surface area contributed by atoms with Crippen molar-refractivity contribution in [2.24, 2.45) is 5.92 Å². The van der Waals surface area contributed by atoms with E-state index in [0.29, 0.717) is 18.9 Å². The standard InChI is InChI=1S/C17H18FN5O2/c18-13-3-1-2-4-14(13)23-11-12(9-16(23)24)17(25)22-8-7-21-15-10-19-5-6-20-15/h1-6,10,12H,7-9,11H2,(H,20,21)(H,22,25). The maximum atomic E-state index is 13.8. The van der Waals surface area contributed by atoms with Gasteiger partial charge in [0, 0.05) is 38.4 Å². The van der Waals surface area contributed by atoms with Gasteiger partial charge in [0.25, 0.3) is 0 Å². The molecule has 3 rings (SSSR count). The van der Waals surface area contributed by atoms with Gasteiger partial charge in [-0.15, -0.1) is 0 Å². The van der Waals surface area contributed by atoms with Crippen molar-refractivity contribution in [3.63, 3.8) is 0 Å². The van der Waals surface area contributed by atoms with Crippen LogP contribution in [0.1, 0.15) is 6.42 Å². The first-order chi connectivity index (χ1) is 12.1. The number of para-hydroxylation sites is 1. The van der Waals surface area contributed by atoms with Crippen molar-refractivity contribution >= 4 is 23.3 Å². The maximum absolute atomic E-state index is 13.8. The molecular formula is C17H18FN5O2. The molecule has 7 nitrogen and oxygen atoms in total. The first-order valence-corrected chi connectivity index (χ1v) is 7.97. The van der Waals surface area contributed by atoms with E-state index in [0.717, 1.165) is 0 Å². The number of nitrogens with zero attached hydrogens (tertiary/aromatic N) is 3. The van der Waals surface area contributed by atoms with E-state index in [1.54, 1.807) is 36.8 Å². The van der Waals surface area contributed by atoms with Crippen LogP contribution in [0.3, 0.4) is 0 Å². The topological polar surface area (TPSA) is 87.2 Å². The van der Waals surface area contributed by atoms with E-state index in [2.05, 4.69) is 20.6 Å². The molecule has 2 heterocycles. The Hall–Kier alpha value is -3.03. The number of halogens is 1. The van der Waals surface area contributed by atoms with Gasteiger partial charge in [-0.05, 0) is 12.1 Å². The fourth-order valence-corrected chi connectivity index (χ4v) is 2.70. The molecule has 0 radical (unpaired) electrons. The molecule has 1 aromatic heterocycles. The molecule has 2 amide bonds. The minimum absolute atomic E-state index is 0.0811. The van der Waals surface area contributed by atoms with Gasteiger partial charge in [-0.1, -0.05) is 12.1 Å². The molecule has 0 bridgehead atoms. The van der Waals surface area contributed by atoms with Crippen LogP contribution in [0.25, 0.3) is 0 Å². The minimum atomic E-state index is -0.483. The van der Waals surface area contributed by atoms with E-state index in [-0.39, 0.29) is 30.5 Å². The van der Waals surface area contributed by atoms with Gasteiger partial charge in [-0.3, -0.25) is 14.6 Å². The molecule has 1 aliphatic heterocycles. The van der Waals surface area contributed by atoms with Crippen molar-refractivity contribution in [3.05, 3.63) is 48.7 Å². The number of carbonyl (C=O) groups excluding carboxylic acids is 2. The van der Waals surface area contributed by atoms with Crippen molar-refractivity contribution in [1.82, 2.24) is 15.3 Å². The Morgan fingerprint density at radius 3 is 2.88 bits per heavy atom. The second kappa shape index (κ2) is 7.69. The number of carbonyl (C=O) groups is 2. The fourth-order valence-electron chi connectivity index (χ4n) is 2.70. The summed E-state index contributed by atoms with van der Waals surface area (Å²) in [6.45, 7) is 1.06. The summed E-state index contributed by atoms with van der Waals surface area (Å²) >= 11 is 0. The highest BCUT2D eigenvalue weighted by Crippen LogP contribution is 2.27. The average molecular weight is 343 g/mol. The summed E-state index contributed by atoms with van der Waals surface area (Å²) in [6, 6.07) is 6.07. The molecule has 2 N–H and O–H groups in total. The highest BCUT2D eigenvalue weighted by atomic mass is 19.1. The van der Waals surface area contributed by atoms with E-state index in [1.165, 1.54) is 11.0 Å². The second-order valence-corrected chi connectivity index (χ2v) is 5.67. The van der Waals surface area contributed by atoms with Gasteiger partial charge in [0.2, 0.25) is 11.8 Å². The molecular weight excluding hydrogens is 325 g/mol. The van der Waals surface area contributed by atoms with Gasteiger partial charge < -0.3 is 15.5 Å². The summed E-state index contributed by atoms with van der Waals surface area (Å²) in [5.41, 5.74) is 0.215. The first kappa shape index (κ1) is 16.8. The fraction of sp³-hybridized carbons (Fsp3) is 0.294. The van der Waals surface area contributed by atoms with Crippen molar-refractivity contribution in [3.8, 4) is 0 Å². The van der Waals surface area contributed by atoms with Crippen LogP contribution in [-0.2, 0) is 9.59 Å². The van der Waals surface area contributed by atoms with Crippen LogP contribution in [0.2, 0.25) is 0 Å². The number of benzene rings is 1. The number of hydrogen-bond acceptors (Lipinski definition) is 5. The second-order valence-electron chi connectivity index (χ2n) is 5.67. The van der Waals surface area contributed by atoms with Gasteiger partial charge >= 0.3 is 0 Å². The number of anilines is 2. The predicted molar refractivity (Wildman–Crippen MR) is 90.4 cm³/mol. The summed E-state index contributed by atoms with van der Waals surface area (Å²) < 4.78 is 13.8. The van der Waals surface area contributed by atoms with Crippen LogP contribution in [0, 0.1) is 11.7 Å². The lowest BCUT2D eigenvalue weighted by molar-refractivity contribution is -0.126. The smallest absolute Gasteiger partial charge is 0.227 e. The molecule has 1 aromatic carbocycles. The van der Waals surface area contributed by atoms with Gasteiger partial charge in [-0.2, -0.15) is 0 Å². The van der Waals surface area contributed by atoms with Crippen molar-refractivity contribution in [2.75, 3.05) is 29.9 Å². The summed E-state index contributed by atoms with van der Waals surface area (Å²) in [5, 5.41) is 5.81. The number of amides is 2. The van der Waals surface area contributed by atoms with Crippen molar-refractivity contribution < 1.29 is 14.0 Å². The Kier molecular flexibility index (Phi) is 5.17. The van der Waals surface area contributed by atoms with Crippen LogP contribution in [0.15, 0.2) is 42.9 Å². The number of aromatic nitrogens is 2. The predicted octanol–water partition coefficient (Wildman–Crippen LogP) is 1.20. The van der Waals surface area contributed by atoms with Crippen LogP contribution in [0.5, 0.6) is 0 Å². The van der Waals surface area contributed by atoms with E-state index in [9.17, 15) is 14.0 Å². The minimum Gasteiger partial charge on any atom is -0.367 e. The van der Waals surface area contributed by atoms with Gasteiger partial charge in [0.05, 0.1) is 17.8 Å². The lowest BCUT2D eigenvalue weighted by Gasteiger charge is -2.17. The Balaban J connectivity index is 1.49. The molecule has 1 saturated heterocycles. The van der Waals surface area contributed by atoms with Gasteiger partial charge in [0.1, 0.15) is 11.6 Å². The van der Waals surface area contributed by atoms with E-state index >= 15 is 0 Å². The summed E-state index contributed by atoms with van der Waals surface area (Å²) in [7, 11) is 0. The summed E-state index contributed by atoms with van der Waals surface area (Å²) in [5.74, 6) is -0.789. The number of rotatable bonds is 6. The summed E-state index contributed by atoms with van der Waals surface area (Å²) in [4.78, 5) is 33.7. The van der Waals surface area contributed by atoms with Crippen LogP contribution in [-0.4, -0.2) is 41.4 Å². The molecule has 0 aliphatic carbocycles. The molecule has 1 atom stereocenters. The largest absolute Gasteiger partial charge is 0.367 e. The van der Waals surface area contributed by atoms with Gasteiger partial charge in [0.15, 0.2) is 0 Å². The zero-order valence-electron chi connectivity index (χ0n) is 13.5. The quantitative estimate of drug-likeness (QED) is 0.770. The van der Waals surface area contributed by atoms with Crippen LogP contribution in [0.4, 0.5) is 15.9 Å². The zero-order chi connectivity index (χ0) is 17.6. The zero-order valence-corrected chi connectivity index (χ0v) is 13.5. The van der Waals surface area contributed by atoms with E-state index in [1.807, 2.05) is 0 Å². The Morgan fingerprint density at radius 1 is 1.28 bits per heavy atom. The molecule has 0 saturated carbocycles. The molecule has 1 fully saturated rings. The molecule has 2 aromatic rings. The SMILES string of the molecule is O=C(NCCNc1cnccn1)C1CC(=O)N(c2ccccc2F)C1. The monoisotopic (exact) mass is 343 g/mol. The Labute approximate surface area is 144 Å². The Morgan fingerprint density at radius 2 is 2.12 bits per heavy atom. The molecule has 25 heavy (non-hydrogen) atoms. The van der Waals surface area contributed by atoms with Crippen LogP contribution < -0.4 is 15.5 Å². The van der Waals surface area contributed by atoms with Crippen molar-refractivity contribution in [1.29, 1.82) is 0 Å². The third kappa shape index (κ3) is 4.09. The maximum Gasteiger partial charge on any atom is 0.227 e. The lowest BCUT2D eigenvalue weighted by Crippen LogP contribution is -2.35. The Bertz CT molecular complexity index is 756. The summed E-state index contributed by atoms with van der Waals surface area (Å²) in [6.07, 6.45) is 4.81. The molecule has 1 aliphatic rings. The molecule has 8 heteroatoms. The van der Waals surface area contributed by atoms with Crippen molar-refractivity contribution in [2.45, 2.75) is 6.42 Å². The number of nitrogens with one attached hydrogen (secondary N) is 2. The van der Waals surface area contributed by atoms with Crippen LogP contribution >= 0.6 is 0 Å². The van der Waals surface area contributed by atoms with Gasteiger partial charge in [-0.25, -0.2) is 9.37 Å². The average Bonchev–Trinajstić information content (AvgIpc) is 3.01. The highest BCUT2D eigenvalue weighted by Gasteiger charge is 2.35.